The van der Waals surface area contributed by atoms with Crippen LogP contribution in [0.15, 0.2) is 0 Å². The Morgan fingerprint density at radius 1 is 1.00 bits per heavy atom. The van der Waals surface area contributed by atoms with Gasteiger partial charge in [0, 0.05) is 6.42 Å². The molecule has 0 saturated carbocycles. The molecule has 0 aromatic rings. The molecule has 0 aromatic carbocycles. The maximum Gasteiger partial charge on any atom is 0.209 e. The van der Waals surface area contributed by atoms with E-state index in [0.29, 0.717) is 12.8 Å². The van der Waals surface area contributed by atoms with Gasteiger partial charge in [-0.1, -0.05) is 52.4 Å². The Morgan fingerprint density at radius 2 is 1.62 bits per heavy atom. The second kappa shape index (κ2) is 10.8. The second-order valence-corrected chi connectivity index (χ2v) is 4.44. The summed E-state index contributed by atoms with van der Waals surface area (Å²) in [5.41, 5.74) is 0. The van der Waals surface area contributed by atoms with E-state index in [1.54, 1.807) is 0 Å². The highest BCUT2D eigenvalue weighted by molar-refractivity contribution is 5.93. The zero-order valence-electron chi connectivity index (χ0n) is 10.8. The van der Waals surface area contributed by atoms with Gasteiger partial charge in [0.25, 0.3) is 0 Å². The molecule has 0 aromatic heterocycles. The molecule has 2 heteroatoms. The first-order chi connectivity index (χ1) is 7.76. The molecule has 1 unspecified atom stereocenters. The minimum Gasteiger partial charge on any atom is -0.299 e. The van der Waals surface area contributed by atoms with Gasteiger partial charge in [-0.3, -0.25) is 9.59 Å². The standard InChI is InChI=1S/C14H25O2/c1-3-5-6-7-8-9-11-13(12-15)14(16)10-4-2/h13H,3-11H2,1-2H3. The molecule has 1 atom stereocenters. The third-order valence-corrected chi connectivity index (χ3v) is 2.87. The molecule has 0 amide bonds. The van der Waals surface area contributed by atoms with Crippen molar-refractivity contribution >= 4 is 12.1 Å². The molecule has 0 spiro atoms. The van der Waals surface area contributed by atoms with Crippen LogP contribution in [0.2, 0.25) is 0 Å². The van der Waals surface area contributed by atoms with Gasteiger partial charge in [-0.05, 0) is 12.8 Å². The average molecular weight is 225 g/mol. The van der Waals surface area contributed by atoms with Crippen molar-refractivity contribution in [1.29, 1.82) is 0 Å². The van der Waals surface area contributed by atoms with Crippen molar-refractivity contribution < 1.29 is 9.59 Å². The summed E-state index contributed by atoms with van der Waals surface area (Å²) in [7, 11) is 0. The second-order valence-electron chi connectivity index (χ2n) is 4.44. The smallest absolute Gasteiger partial charge is 0.209 e. The van der Waals surface area contributed by atoms with E-state index in [1.807, 2.05) is 13.2 Å². The van der Waals surface area contributed by atoms with E-state index >= 15 is 0 Å². The quantitative estimate of drug-likeness (QED) is 0.395. The Kier molecular flexibility index (Phi) is 10.4. The van der Waals surface area contributed by atoms with Crippen LogP contribution in [0.3, 0.4) is 0 Å². The van der Waals surface area contributed by atoms with E-state index in [1.165, 1.54) is 25.7 Å². The lowest BCUT2D eigenvalue weighted by molar-refractivity contribution is -0.121. The van der Waals surface area contributed by atoms with E-state index in [9.17, 15) is 9.59 Å². The van der Waals surface area contributed by atoms with Crippen LogP contribution < -0.4 is 0 Å². The van der Waals surface area contributed by atoms with Crippen LogP contribution in [0, 0.1) is 5.92 Å². The highest BCUT2D eigenvalue weighted by Gasteiger charge is 2.16. The first-order valence-electron chi connectivity index (χ1n) is 6.66. The van der Waals surface area contributed by atoms with Crippen molar-refractivity contribution in [3.8, 4) is 0 Å². The Hall–Kier alpha value is -0.660. The molecule has 2 nitrogen and oxygen atoms in total. The molecule has 0 aliphatic heterocycles. The Balaban J connectivity index is 3.55. The number of hydrogen-bond donors (Lipinski definition) is 0. The summed E-state index contributed by atoms with van der Waals surface area (Å²) < 4.78 is 0. The molecule has 93 valence electrons. The van der Waals surface area contributed by atoms with Gasteiger partial charge in [0.15, 0.2) is 0 Å². The SMILES string of the molecule is CCCCCCCCC([C]=O)C(=O)CCC. The summed E-state index contributed by atoms with van der Waals surface area (Å²) in [6.45, 7) is 4.16. The molecule has 0 N–H and O–H groups in total. The van der Waals surface area contributed by atoms with Crippen LogP contribution in [0.25, 0.3) is 0 Å². The van der Waals surface area contributed by atoms with Gasteiger partial charge >= 0.3 is 0 Å². The number of rotatable bonds is 11. The molecule has 0 heterocycles. The predicted molar refractivity (Wildman–Crippen MR) is 67.1 cm³/mol. The van der Waals surface area contributed by atoms with Crippen molar-refractivity contribution in [2.24, 2.45) is 5.92 Å². The molecule has 0 aliphatic rings. The van der Waals surface area contributed by atoms with E-state index < -0.39 is 5.92 Å². The van der Waals surface area contributed by atoms with Crippen molar-refractivity contribution in [1.82, 2.24) is 0 Å². The summed E-state index contributed by atoms with van der Waals surface area (Å²) in [5, 5.41) is 0. The van der Waals surface area contributed by atoms with Crippen molar-refractivity contribution in [2.45, 2.75) is 71.6 Å². The average Bonchev–Trinajstić information content (AvgIpc) is 2.28. The Labute approximate surface area is 99.8 Å². The predicted octanol–water partition coefficient (Wildman–Crippen LogP) is 3.83. The lowest BCUT2D eigenvalue weighted by atomic mass is 9.95. The summed E-state index contributed by atoms with van der Waals surface area (Å²) in [4.78, 5) is 22.1. The largest absolute Gasteiger partial charge is 0.299 e. The Morgan fingerprint density at radius 3 is 2.19 bits per heavy atom. The monoisotopic (exact) mass is 225 g/mol. The Bertz CT molecular complexity index is 187. The van der Waals surface area contributed by atoms with Gasteiger partial charge in [0.2, 0.25) is 6.29 Å². The zero-order valence-corrected chi connectivity index (χ0v) is 10.8. The highest BCUT2D eigenvalue weighted by atomic mass is 16.1. The molecule has 1 radical (unpaired) electrons. The molecular formula is C14H25O2. The number of carbonyl (C=O) groups excluding carboxylic acids is 2. The zero-order chi connectivity index (χ0) is 12.2. The molecular weight excluding hydrogens is 200 g/mol. The maximum atomic E-state index is 11.5. The molecule has 0 bridgehead atoms. The number of Topliss-reactive ketones (excluding diaryl/α,β-unsaturated/α-hetero) is 1. The summed E-state index contributed by atoms with van der Waals surface area (Å²) in [5.74, 6) is -0.378. The van der Waals surface area contributed by atoms with Crippen LogP contribution in [0.1, 0.15) is 71.6 Å². The van der Waals surface area contributed by atoms with E-state index in [0.717, 1.165) is 19.3 Å². The van der Waals surface area contributed by atoms with Crippen LogP contribution in [-0.4, -0.2) is 12.1 Å². The third-order valence-electron chi connectivity index (χ3n) is 2.87. The topological polar surface area (TPSA) is 34.1 Å². The molecule has 0 saturated heterocycles. The number of ketones is 1. The molecule has 0 fully saturated rings. The molecule has 0 aliphatic carbocycles. The fourth-order valence-electron chi connectivity index (χ4n) is 1.84. The lowest BCUT2D eigenvalue weighted by Gasteiger charge is -2.07. The van der Waals surface area contributed by atoms with E-state index in [4.69, 9.17) is 0 Å². The minimum atomic E-state index is -0.453. The van der Waals surface area contributed by atoms with Gasteiger partial charge in [0.05, 0.1) is 5.92 Å². The van der Waals surface area contributed by atoms with Crippen LogP contribution in [-0.2, 0) is 9.59 Å². The van der Waals surface area contributed by atoms with E-state index in [2.05, 4.69) is 6.92 Å². The van der Waals surface area contributed by atoms with Crippen molar-refractivity contribution in [3.05, 3.63) is 0 Å². The van der Waals surface area contributed by atoms with Gasteiger partial charge in [-0.25, -0.2) is 0 Å². The molecule has 16 heavy (non-hydrogen) atoms. The first kappa shape index (κ1) is 15.3. The van der Waals surface area contributed by atoms with Gasteiger partial charge < -0.3 is 0 Å². The maximum absolute atomic E-state index is 11.5. The third kappa shape index (κ3) is 7.61. The fourth-order valence-corrected chi connectivity index (χ4v) is 1.84. The highest BCUT2D eigenvalue weighted by Crippen LogP contribution is 2.13. The van der Waals surface area contributed by atoms with Gasteiger partial charge in [0.1, 0.15) is 5.78 Å². The fraction of sp³-hybridized carbons (Fsp3) is 0.857. The minimum absolute atomic E-state index is 0.0751. The van der Waals surface area contributed by atoms with Crippen LogP contribution in [0.5, 0.6) is 0 Å². The van der Waals surface area contributed by atoms with Crippen molar-refractivity contribution in [2.75, 3.05) is 0 Å². The van der Waals surface area contributed by atoms with Crippen LogP contribution >= 0.6 is 0 Å². The summed E-state index contributed by atoms with van der Waals surface area (Å²) >= 11 is 0. The van der Waals surface area contributed by atoms with Gasteiger partial charge in [-0.2, -0.15) is 0 Å². The number of hydrogen-bond acceptors (Lipinski definition) is 2. The van der Waals surface area contributed by atoms with Crippen molar-refractivity contribution in [3.63, 3.8) is 0 Å². The van der Waals surface area contributed by atoms with Gasteiger partial charge in [-0.15, -0.1) is 0 Å². The summed E-state index contributed by atoms with van der Waals surface area (Å²) in [6.07, 6.45) is 11.1. The number of carbonyl (C=O) groups is 1. The van der Waals surface area contributed by atoms with E-state index in [-0.39, 0.29) is 5.78 Å². The summed E-state index contributed by atoms with van der Waals surface area (Å²) in [6, 6.07) is 0. The normalized spacial score (nSPS) is 12.4. The first-order valence-corrected chi connectivity index (χ1v) is 6.66. The lowest BCUT2D eigenvalue weighted by Crippen LogP contribution is -2.15. The number of unbranched alkanes of at least 4 members (excludes halogenated alkanes) is 5. The van der Waals surface area contributed by atoms with Crippen LogP contribution in [0.4, 0.5) is 0 Å². The molecule has 0 rings (SSSR count).